The summed E-state index contributed by atoms with van der Waals surface area (Å²) < 4.78 is 35.9. The van der Waals surface area contributed by atoms with E-state index in [1.54, 1.807) is 55.5 Å². The number of esters is 1. The number of sulfone groups is 1. The van der Waals surface area contributed by atoms with Crippen LogP contribution in [0.3, 0.4) is 0 Å². The fourth-order valence-corrected chi connectivity index (χ4v) is 4.63. The first kappa shape index (κ1) is 28.6. The second-order valence-electron chi connectivity index (χ2n) is 7.41. The Morgan fingerprint density at radius 1 is 1.03 bits per heavy atom. The number of nitrogens with one attached hydrogen (secondary N) is 1. The van der Waals surface area contributed by atoms with E-state index < -0.39 is 21.9 Å². The molecule has 1 atom stereocenters. The molecule has 0 spiro atoms. The summed E-state index contributed by atoms with van der Waals surface area (Å²) in [4.78, 5) is 11.6. The molecule has 3 aromatic carbocycles. The Hall–Kier alpha value is -2.62. The Morgan fingerprint density at radius 3 is 2.26 bits per heavy atom. The number of halogens is 2. The van der Waals surface area contributed by atoms with Gasteiger partial charge >= 0.3 is 5.97 Å². The minimum absolute atomic E-state index is 0. The second-order valence-corrected chi connectivity index (χ2v) is 9.80. The predicted octanol–water partition coefficient (Wildman–Crippen LogP) is 4.36. The van der Waals surface area contributed by atoms with Crippen LogP contribution in [-0.4, -0.2) is 39.3 Å². The quantitative estimate of drug-likeness (QED) is 0.349. The second kappa shape index (κ2) is 13.5. The molecule has 0 unspecified atom stereocenters. The van der Waals surface area contributed by atoms with E-state index in [9.17, 15) is 18.3 Å². The van der Waals surface area contributed by atoms with Crippen LogP contribution < -0.4 is 10.1 Å². The third-order valence-electron chi connectivity index (χ3n) is 4.93. The fraction of sp³-hybridized carbons (Fsp3) is 0.240. The van der Waals surface area contributed by atoms with E-state index in [-0.39, 0.29) is 35.4 Å². The topological polar surface area (TPSA) is 102 Å². The summed E-state index contributed by atoms with van der Waals surface area (Å²) in [6.45, 7) is 2.51. The summed E-state index contributed by atoms with van der Waals surface area (Å²) in [7, 11) is -3.71. The van der Waals surface area contributed by atoms with E-state index >= 15 is 0 Å². The van der Waals surface area contributed by atoms with Gasteiger partial charge in [0.2, 0.25) is 9.84 Å². The molecule has 188 valence electrons. The maximum absolute atomic E-state index is 12.9. The van der Waals surface area contributed by atoms with Crippen molar-refractivity contribution < 1.29 is 27.8 Å². The van der Waals surface area contributed by atoms with Gasteiger partial charge in [0, 0.05) is 18.1 Å². The van der Waals surface area contributed by atoms with E-state index in [0.717, 1.165) is 11.1 Å². The summed E-state index contributed by atoms with van der Waals surface area (Å²) in [6.07, 6.45) is -0.706. The zero-order chi connectivity index (χ0) is 24.6. The monoisotopic (exact) mass is 539 g/mol. The summed E-state index contributed by atoms with van der Waals surface area (Å²) in [5.41, 5.74) is 1.60. The maximum Gasteiger partial charge on any atom is 0.344 e. The number of aliphatic hydroxyl groups is 1. The van der Waals surface area contributed by atoms with Gasteiger partial charge in [0.25, 0.3) is 0 Å². The van der Waals surface area contributed by atoms with Crippen molar-refractivity contribution in [2.24, 2.45) is 0 Å². The van der Waals surface area contributed by atoms with Crippen molar-refractivity contribution in [1.82, 2.24) is 5.32 Å². The van der Waals surface area contributed by atoms with Crippen molar-refractivity contribution in [3.63, 3.8) is 0 Å². The van der Waals surface area contributed by atoms with Crippen molar-refractivity contribution in [3.05, 3.63) is 88.9 Å². The third-order valence-corrected chi connectivity index (χ3v) is 6.95. The zero-order valence-electron chi connectivity index (χ0n) is 19.0. The molecule has 0 saturated carbocycles. The van der Waals surface area contributed by atoms with Crippen molar-refractivity contribution >= 4 is 39.8 Å². The first-order valence-electron chi connectivity index (χ1n) is 10.7. The van der Waals surface area contributed by atoms with E-state index in [0.29, 0.717) is 23.9 Å². The Labute approximate surface area is 216 Å². The molecule has 0 amide bonds. The molecular weight excluding hydrogens is 513 g/mol. The molecule has 3 aromatic rings. The smallest absolute Gasteiger partial charge is 0.344 e. The number of carbonyl (C=O) groups is 1. The molecule has 0 fully saturated rings. The number of carbonyl (C=O) groups excluding carboxylic acids is 1. The van der Waals surface area contributed by atoms with Crippen LogP contribution in [0.25, 0.3) is 0 Å². The molecule has 0 radical (unpaired) electrons. The van der Waals surface area contributed by atoms with Crippen LogP contribution in [0.15, 0.2) is 82.6 Å². The van der Waals surface area contributed by atoms with Crippen LogP contribution in [-0.2, 0) is 25.9 Å². The molecule has 0 aromatic heterocycles. The number of hydrogen-bond acceptors (Lipinski definition) is 7. The van der Waals surface area contributed by atoms with E-state index in [1.807, 2.05) is 0 Å². The van der Waals surface area contributed by atoms with Crippen LogP contribution in [0, 0.1) is 0 Å². The summed E-state index contributed by atoms with van der Waals surface area (Å²) in [6, 6.07) is 19.4. The fourth-order valence-electron chi connectivity index (χ4n) is 3.17. The normalized spacial score (nSPS) is 11.9. The van der Waals surface area contributed by atoms with Gasteiger partial charge in [-0.05, 0) is 66.6 Å². The van der Waals surface area contributed by atoms with E-state index in [2.05, 4.69) is 5.32 Å². The van der Waals surface area contributed by atoms with Gasteiger partial charge in [-0.25, -0.2) is 13.2 Å². The summed E-state index contributed by atoms with van der Waals surface area (Å²) in [5, 5.41) is 14.0. The van der Waals surface area contributed by atoms with Gasteiger partial charge in [-0.2, -0.15) is 0 Å². The highest BCUT2D eigenvalue weighted by Gasteiger charge is 2.18. The highest BCUT2D eigenvalue weighted by Crippen LogP contribution is 2.24. The number of benzene rings is 3. The van der Waals surface area contributed by atoms with Gasteiger partial charge in [-0.3, -0.25) is 0 Å². The van der Waals surface area contributed by atoms with Gasteiger partial charge in [0.1, 0.15) is 5.75 Å². The number of ether oxygens (including phenoxy) is 2. The number of hydrogen-bond donors (Lipinski definition) is 2. The number of rotatable bonds is 11. The minimum Gasteiger partial charge on any atom is -0.482 e. The molecule has 0 aliphatic rings. The van der Waals surface area contributed by atoms with Crippen molar-refractivity contribution in [3.8, 4) is 5.75 Å². The van der Waals surface area contributed by atoms with E-state index in [4.69, 9.17) is 21.1 Å². The zero-order valence-corrected chi connectivity index (χ0v) is 21.4. The van der Waals surface area contributed by atoms with Gasteiger partial charge in [0.05, 0.1) is 22.5 Å². The average Bonchev–Trinajstić information content (AvgIpc) is 2.83. The standard InChI is InChI=1S/C25H26ClNO6S.ClH/c1-2-32-25(29)17-33-21-8-12-23(13-9-21)34(30,31)22-10-6-18(7-11-22)15-27-16-24(28)19-4-3-5-20(26)14-19;/h3-14,24,27-28H,2,15-17H2,1H3;1H/t24-;/m0./s1. The van der Waals surface area contributed by atoms with Crippen LogP contribution >= 0.6 is 24.0 Å². The lowest BCUT2D eigenvalue weighted by atomic mass is 10.1. The minimum atomic E-state index is -3.71. The Bertz CT molecular complexity index is 1200. The van der Waals surface area contributed by atoms with Crippen molar-refractivity contribution in [2.45, 2.75) is 29.4 Å². The molecule has 0 heterocycles. The highest BCUT2D eigenvalue weighted by atomic mass is 35.5. The van der Waals surface area contributed by atoms with Gasteiger partial charge < -0.3 is 19.9 Å². The molecule has 2 N–H and O–H groups in total. The van der Waals surface area contributed by atoms with Crippen LogP contribution in [0.1, 0.15) is 24.2 Å². The van der Waals surface area contributed by atoms with Crippen molar-refractivity contribution in [1.29, 1.82) is 0 Å². The summed E-state index contributed by atoms with van der Waals surface area (Å²) in [5.74, 6) is -0.124. The Balaban J connectivity index is 0.00000432. The summed E-state index contributed by atoms with van der Waals surface area (Å²) >= 11 is 5.95. The third kappa shape index (κ3) is 8.23. The lowest BCUT2D eigenvalue weighted by Gasteiger charge is -2.13. The Morgan fingerprint density at radius 2 is 1.66 bits per heavy atom. The SMILES string of the molecule is CCOC(=O)COc1ccc(S(=O)(=O)c2ccc(CNC[C@H](O)c3cccc(Cl)c3)cc2)cc1.Cl. The first-order valence-corrected chi connectivity index (χ1v) is 12.5. The first-order chi connectivity index (χ1) is 16.3. The maximum atomic E-state index is 12.9. The molecule has 0 bridgehead atoms. The Kier molecular flexibility index (Phi) is 11.0. The molecule has 0 aliphatic heterocycles. The average molecular weight is 540 g/mol. The van der Waals surface area contributed by atoms with Crippen molar-refractivity contribution in [2.75, 3.05) is 19.8 Å². The lowest BCUT2D eigenvalue weighted by Crippen LogP contribution is -2.21. The lowest BCUT2D eigenvalue weighted by molar-refractivity contribution is -0.145. The molecule has 10 heteroatoms. The molecular formula is C25H27Cl2NO6S. The largest absolute Gasteiger partial charge is 0.482 e. The number of aliphatic hydroxyl groups excluding tert-OH is 1. The molecule has 35 heavy (non-hydrogen) atoms. The molecule has 3 rings (SSSR count). The predicted molar refractivity (Wildman–Crippen MR) is 136 cm³/mol. The molecule has 0 saturated heterocycles. The van der Waals surface area contributed by atoms with Gasteiger partial charge in [0.15, 0.2) is 6.61 Å². The van der Waals surface area contributed by atoms with E-state index in [1.165, 1.54) is 24.3 Å². The van der Waals surface area contributed by atoms with Crippen LogP contribution in [0.5, 0.6) is 5.75 Å². The van der Waals surface area contributed by atoms with Gasteiger partial charge in [-0.1, -0.05) is 35.9 Å². The molecule has 7 nitrogen and oxygen atoms in total. The highest BCUT2D eigenvalue weighted by molar-refractivity contribution is 7.91. The van der Waals surface area contributed by atoms with Crippen LogP contribution in [0.4, 0.5) is 0 Å². The molecule has 0 aliphatic carbocycles. The van der Waals surface area contributed by atoms with Gasteiger partial charge in [-0.15, -0.1) is 12.4 Å². The van der Waals surface area contributed by atoms with Crippen LogP contribution in [0.2, 0.25) is 5.02 Å².